The van der Waals surface area contributed by atoms with Crippen LogP contribution in [-0.4, -0.2) is 16.4 Å². The van der Waals surface area contributed by atoms with Crippen LogP contribution < -0.4 is 0 Å². The van der Waals surface area contributed by atoms with Crippen molar-refractivity contribution < 1.29 is 5.21 Å². The van der Waals surface area contributed by atoms with Gasteiger partial charge in [0.2, 0.25) is 0 Å². The molecular formula is C18H16N2OS. The van der Waals surface area contributed by atoms with E-state index in [1.807, 2.05) is 18.2 Å². The van der Waals surface area contributed by atoms with E-state index in [2.05, 4.69) is 45.9 Å². The third-order valence-corrected chi connectivity index (χ3v) is 4.49. The predicted molar refractivity (Wildman–Crippen MR) is 90.8 cm³/mol. The zero-order valence-corrected chi connectivity index (χ0v) is 12.8. The Balaban J connectivity index is 1.86. The number of benzene rings is 1. The van der Waals surface area contributed by atoms with Gasteiger partial charge in [0.1, 0.15) is 0 Å². The van der Waals surface area contributed by atoms with Gasteiger partial charge in [-0.3, -0.25) is 4.98 Å². The van der Waals surface area contributed by atoms with Gasteiger partial charge in [-0.25, -0.2) is 0 Å². The topological polar surface area (TPSA) is 45.5 Å². The van der Waals surface area contributed by atoms with E-state index in [9.17, 15) is 0 Å². The van der Waals surface area contributed by atoms with Gasteiger partial charge in [0.05, 0.1) is 16.8 Å². The highest BCUT2D eigenvalue weighted by Gasteiger charge is 2.11. The van der Waals surface area contributed by atoms with Gasteiger partial charge < -0.3 is 5.21 Å². The van der Waals surface area contributed by atoms with Gasteiger partial charge >= 0.3 is 0 Å². The van der Waals surface area contributed by atoms with Crippen molar-refractivity contribution in [2.24, 2.45) is 5.16 Å². The van der Waals surface area contributed by atoms with Crippen LogP contribution in [0.15, 0.2) is 65.3 Å². The molecule has 2 aromatic heterocycles. The Bertz CT molecular complexity index is 766. The van der Waals surface area contributed by atoms with E-state index in [4.69, 9.17) is 5.21 Å². The number of pyridine rings is 1. The van der Waals surface area contributed by atoms with Crippen LogP contribution in [0.25, 0.3) is 10.6 Å². The van der Waals surface area contributed by atoms with E-state index >= 15 is 0 Å². The molecule has 3 nitrogen and oxygen atoms in total. The number of hydrogen-bond acceptors (Lipinski definition) is 4. The van der Waals surface area contributed by atoms with Crippen LogP contribution in [0.2, 0.25) is 0 Å². The van der Waals surface area contributed by atoms with Crippen LogP contribution in [0.4, 0.5) is 0 Å². The number of aryl methyl sites for hydroxylation is 2. The first-order valence-electron chi connectivity index (χ1n) is 7.11. The SMILES string of the molecule is ON=Cc1cccnc1-c1sccc1CCc1ccccc1. The molecule has 0 saturated carbocycles. The van der Waals surface area contributed by atoms with Crippen LogP contribution in [0.1, 0.15) is 16.7 Å². The third kappa shape index (κ3) is 3.23. The molecule has 110 valence electrons. The van der Waals surface area contributed by atoms with E-state index in [0.29, 0.717) is 0 Å². The molecule has 2 heterocycles. The summed E-state index contributed by atoms with van der Waals surface area (Å²) in [6, 6.07) is 16.4. The molecule has 0 aliphatic carbocycles. The average molecular weight is 308 g/mol. The molecule has 0 spiro atoms. The third-order valence-electron chi connectivity index (χ3n) is 3.52. The maximum absolute atomic E-state index is 8.81. The zero-order valence-electron chi connectivity index (χ0n) is 12.0. The van der Waals surface area contributed by atoms with Gasteiger partial charge in [-0.1, -0.05) is 35.5 Å². The van der Waals surface area contributed by atoms with Crippen molar-refractivity contribution in [2.75, 3.05) is 0 Å². The average Bonchev–Trinajstić information content (AvgIpc) is 3.03. The molecule has 4 heteroatoms. The lowest BCUT2D eigenvalue weighted by atomic mass is 10.0. The van der Waals surface area contributed by atoms with Crippen molar-refractivity contribution in [1.82, 2.24) is 4.98 Å². The Kier molecular flexibility index (Phi) is 4.61. The summed E-state index contributed by atoms with van der Waals surface area (Å²) in [5.41, 5.74) is 4.31. The van der Waals surface area contributed by atoms with Crippen molar-refractivity contribution in [3.63, 3.8) is 0 Å². The molecule has 0 radical (unpaired) electrons. The number of oxime groups is 1. The molecule has 3 rings (SSSR count). The molecule has 1 N–H and O–H groups in total. The summed E-state index contributed by atoms with van der Waals surface area (Å²) in [6.07, 6.45) is 5.17. The molecule has 1 aromatic carbocycles. The summed E-state index contributed by atoms with van der Waals surface area (Å²) in [6.45, 7) is 0. The van der Waals surface area contributed by atoms with Crippen molar-refractivity contribution in [1.29, 1.82) is 0 Å². The molecule has 0 amide bonds. The van der Waals surface area contributed by atoms with Crippen molar-refractivity contribution in [3.8, 4) is 10.6 Å². The molecule has 0 fully saturated rings. The second-order valence-corrected chi connectivity index (χ2v) is 5.86. The van der Waals surface area contributed by atoms with Crippen LogP contribution in [0.3, 0.4) is 0 Å². The summed E-state index contributed by atoms with van der Waals surface area (Å²) in [5, 5.41) is 14.0. The van der Waals surface area contributed by atoms with E-state index in [1.54, 1.807) is 17.5 Å². The number of rotatable bonds is 5. The molecule has 0 aliphatic heterocycles. The van der Waals surface area contributed by atoms with Crippen molar-refractivity contribution in [3.05, 3.63) is 76.8 Å². The lowest BCUT2D eigenvalue weighted by Gasteiger charge is -2.06. The Labute approximate surface area is 133 Å². The summed E-state index contributed by atoms with van der Waals surface area (Å²) in [4.78, 5) is 5.61. The molecule has 0 atom stereocenters. The molecule has 22 heavy (non-hydrogen) atoms. The minimum atomic E-state index is 0.827. The maximum atomic E-state index is 8.81. The number of nitrogens with zero attached hydrogens (tertiary/aromatic N) is 2. The fourth-order valence-corrected chi connectivity index (χ4v) is 3.41. The lowest BCUT2D eigenvalue weighted by Crippen LogP contribution is -1.95. The fraction of sp³-hybridized carbons (Fsp3) is 0.111. The summed E-state index contributed by atoms with van der Waals surface area (Å²) in [5.74, 6) is 0. The van der Waals surface area contributed by atoms with E-state index in [-0.39, 0.29) is 0 Å². The van der Waals surface area contributed by atoms with Gasteiger partial charge in [-0.2, -0.15) is 0 Å². The van der Waals surface area contributed by atoms with Gasteiger partial charge in [0, 0.05) is 11.8 Å². The van der Waals surface area contributed by atoms with Gasteiger partial charge in [0.15, 0.2) is 0 Å². The molecule has 0 aliphatic rings. The Morgan fingerprint density at radius 1 is 1.05 bits per heavy atom. The smallest absolute Gasteiger partial charge is 0.0893 e. The van der Waals surface area contributed by atoms with Gasteiger partial charge in [0.25, 0.3) is 0 Å². The zero-order chi connectivity index (χ0) is 15.2. The minimum absolute atomic E-state index is 0.827. The molecule has 0 saturated heterocycles. The molecule has 0 bridgehead atoms. The van der Waals surface area contributed by atoms with Gasteiger partial charge in [-0.15, -0.1) is 11.3 Å². The lowest BCUT2D eigenvalue weighted by molar-refractivity contribution is 0.322. The highest BCUT2D eigenvalue weighted by Crippen LogP contribution is 2.30. The summed E-state index contributed by atoms with van der Waals surface area (Å²) < 4.78 is 0. The standard InChI is InChI=1S/C18H16N2OS/c21-20-13-16-7-4-11-19-17(16)18-15(10-12-22-18)9-8-14-5-2-1-3-6-14/h1-7,10-13,21H,8-9H2. The number of hydrogen-bond donors (Lipinski definition) is 1. The first-order chi connectivity index (χ1) is 10.9. The molecule has 0 unspecified atom stereocenters. The highest BCUT2D eigenvalue weighted by atomic mass is 32.1. The fourth-order valence-electron chi connectivity index (χ4n) is 2.44. The molecular weight excluding hydrogens is 292 g/mol. The van der Waals surface area contributed by atoms with Gasteiger partial charge in [-0.05, 0) is 47.5 Å². The maximum Gasteiger partial charge on any atom is 0.0893 e. The second-order valence-electron chi connectivity index (χ2n) is 4.95. The Morgan fingerprint density at radius 2 is 1.91 bits per heavy atom. The van der Waals surface area contributed by atoms with E-state index in [1.165, 1.54) is 17.3 Å². The number of aromatic nitrogens is 1. The van der Waals surface area contributed by atoms with Crippen LogP contribution in [0.5, 0.6) is 0 Å². The van der Waals surface area contributed by atoms with Crippen molar-refractivity contribution >= 4 is 17.6 Å². The van der Waals surface area contributed by atoms with E-state index in [0.717, 1.165) is 29.0 Å². The summed E-state index contributed by atoms with van der Waals surface area (Å²) in [7, 11) is 0. The second kappa shape index (κ2) is 7.00. The molecule has 3 aromatic rings. The first-order valence-corrected chi connectivity index (χ1v) is 7.99. The minimum Gasteiger partial charge on any atom is -0.411 e. The largest absolute Gasteiger partial charge is 0.411 e. The normalized spacial score (nSPS) is 11.1. The highest BCUT2D eigenvalue weighted by molar-refractivity contribution is 7.13. The van der Waals surface area contributed by atoms with Crippen LogP contribution in [-0.2, 0) is 12.8 Å². The van der Waals surface area contributed by atoms with Crippen LogP contribution >= 0.6 is 11.3 Å². The first kappa shape index (κ1) is 14.5. The predicted octanol–water partition coefficient (Wildman–Crippen LogP) is 4.40. The van der Waals surface area contributed by atoms with E-state index < -0.39 is 0 Å². The monoisotopic (exact) mass is 308 g/mol. The number of thiophene rings is 1. The quantitative estimate of drug-likeness (QED) is 0.431. The Morgan fingerprint density at radius 3 is 2.73 bits per heavy atom. The van der Waals surface area contributed by atoms with Crippen LogP contribution in [0, 0.1) is 0 Å². The summed E-state index contributed by atoms with van der Waals surface area (Å²) >= 11 is 1.67. The van der Waals surface area contributed by atoms with Crippen molar-refractivity contribution in [2.45, 2.75) is 12.8 Å². The Hall–Kier alpha value is -2.46.